The molecule has 0 saturated heterocycles. The lowest BCUT2D eigenvalue weighted by atomic mass is 9.97. The Labute approximate surface area is 104 Å². The van der Waals surface area contributed by atoms with E-state index in [1.54, 1.807) is 0 Å². The van der Waals surface area contributed by atoms with Gasteiger partial charge >= 0.3 is 5.97 Å². The van der Waals surface area contributed by atoms with Crippen LogP contribution in [0.1, 0.15) is 23.7 Å². The van der Waals surface area contributed by atoms with Gasteiger partial charge in [0.2, 0.25) is 0 Å². The summed E-state index contributed by atoms with van der Waals surface area (Å²) >= 11 is 0. The van der Waals surface area contributed by atoms with Gasteiger partial charge in [0.15, 0.2) is 0 Å². The fourth-order valence-electron chi connectivity index (χ4n) is 1.50. The number of carbonyl (C=O) groups is 1. The molecule has 0 amide bonds. The maximum atomic E-state index is 11.0. The lowest BCUT2D eigenvalue weighted by Gasteiger charge is -2.18. The lowest BCUT2D eigenvalue weighted by Crippen LogP contribution is -2.23. The number of benzene rings is 1. The number of methoxy groups -OCH3 is 1. The van der Waals surface area contributed by atoms with E-state index in [1.165, 1.54) is 25.3 Å². The van der Waals surface area contributed by atoms with Gasteiger partial charge in [-0.15, -0.1) is 0 Å². The zero-order valence-electron chi connectivity index (χ0n) is 9.83. The lowest BCUT2D eigenvalue weighted by molar-refractivity contribution is -0.144. The number of ether oxygens (including phenoxy) is 1. The van der Waals surface area contributed by atoms with Crippen LogP contribution in [0.2, 0.25) is 0 Å². The zero-order valence-corrected chi connectivity index (χ0v) is 9.83. The van der Waals surface area contributed by atoms with Crippen LogP contribution in [0.3, 0.4) is 0 Å². The van der Waals surface area contributed by atoms with Crippen molar-refractivity contribution in [2.75, 3.05) is 12.8 Å². The van der Waals surface area contributed by atoms with Crippen molar-refractivity contribution in [2.45, 2.75) is 18.6 Å². The highest BCUT2D eigenvalue weighted by Gasteiger charge is 2.24. The molecule has 4 N–H and O–H groups in total. The van der Waals surface area contributed by atoms with Gasteiger partial charge in [-0.2, -0.15) is 5.26 Å². The second-order valence-electron chi connectivity index (χ2n) is 3.75. The first-order valence-electron chi connectivity index (χ1n) is 5.22. The molecule has 2 unspecified atom stereocenters. The summed E-state index contributed by atoms with van der Waals surface area (Å²) < 4.78 is 4.39. The zero-order chi connectivity index (χ0) is 13.7. The van der Waals surface area contributed by atoms with E-state index in [0.717, 1.165) is 0 Å². The van der Waals surface area contributed by atoms with Crippen molar-refractivity contribution in [1.82, 2.24) is 0 Å². The van der Waals surface area contributed by atoms with Crippen molar-refractivity contribution in [3.05, 3.63) is 29.3 Å². The molecular formula is C12H14N2O4. The number of nitrogen functional groups attached to an aromatic ring is 1. The fraction of sp³-hybridized carbons (Fsp3) is 0.333. The van der Waals surface area contributed by atoms with E-state index in [0.29, 0.717) is 5.69 Å². The highest BCUT2D eigenvalue weighted by atomic mass is 16.5. The SMILES string of the molecule is COC(=O)CC(O)C(O)c1cc(N)ccc1C#N. The number of nitrogens with zero attached hydrogens (tertiary/aromatic N) is 1. The molecule has 18 heavy (non-hydrogen) atoms. The summed E-state index contributed by atoms with van der Waals surface area (Å²) in [5.41, 5.74) is 6.29. The first kappa shape index (κ1) is 14.0. The van der Waals surface area contributed by atoms with Gasteiger partial charge in [-0.3, -0.25) is 4.79 Å². The molecule has 0 radical (unpaired) electrons. The predicted molar refractivity (Wildman–Crippen MR) is 63.2 cm³/mol. The van der Waals surface area contributed by atoms with Crippen molar-refractivity contribution in [1.29, 1.82) is 5.26 Å². The molecule has 6 heteroatoms. The van der Waals surface area contributed by atoms with E-state index >= 15 is 0 Å². The van der Waals surface area contributed by atoms with Crippen LogP contribution < -0.4 is 5.73 Å². The fourth-order valence-corrected chi connectivity index (χ4v) is 1.50. The van der Waals surface area contributed by atoms with E-state index in [-0.39, 0.29) is 17.5 Å². The number of rotatable bonds is 4. The third-order valence-electron chi connectivity index (χ3n) is 2.48. The van der Waals surface area contributed by atoms with Crippen LogP contribution in [0.25, 0.3) is 0 Å². The molecule has 96 valence electrons. The molecule has 0 heterocycles. The van der Waals surface area contributed by atoms with Gasteiger partial charge < -0.3 is 20.7 Å². The Bertz CT molecular complexity index is 481. The first-order valence-corrected chi connectivity index (χ1v) is 5.22. The third kappa shape index (κ3) is 3.20. The molecule has 0 aliphatic carbocycles. The standard InChI is InChI=1S/C12H14N2O4/c1-18-11(16)5-10(15)12(17)9-4-8(14)3-2-7(9)6-13/h2-4,10,12,15,17H,5,14H2,1H3. The molecule has 0 aliphatic rings. The largest absolute Gasteiger partial charge is 0.469 e. The van der Waals surface area contributed by atoms with Gasteiger partial charge in [-0.25, -0.2) is 0 Å². The minimum atomic E-state index is -1.37. The summed E-state index contributed by atoms with van der Waals surface area (Å²) in [6.07, 6.45) is -3.09. The summed E-state index contributed by atoms with van der Waals surface area (Å²) in [4.78, 5) is 11.0. The van der Waals surface area contributed by atoms with E-state index in [4.69, 9.17) is 11.0 Å². The van der Waals surface area contributed by atoms with Crippen LogP contribution in [0, 0.1) is 11.3 Å². The van der Waals surface area contributed by atoms with Gasteiger partial charge in [0.25, 0.3) is 0 Å². The summed E-state index contributed by atoms with van der Waals surface area (Å²) in [7, 11) is 1.18. The van der Waals surface area contributed by atoms with Crippen molar-refractivity contribution in [2.24, 2.45) is 0 Å². The van der Waals surface area contributed by atoms with Crippen LogP contribution in [0.5, 0.6) is 0 Å². The van der Waals surface area contributed by atoms with Gasteiger partial charge in [0.05, 0.1) is 31.3 Å². The summed E-state index contributed by atoms with van der Waals surface area (Å²) in [6.45, 7) is 0. The van der Waals surface area contributed by atoms with Crippen LogP contribution >= 0.6 is 0 Å². The minimum Gasteiger partial charge on any atom is -0.469 e. The van der Waals surface area contributed by atoms with Gasteiger partial charge in [-0.05, 0) is 18.2 Å². The highest BCUT2D eigenvalue weighted by Crippen LogP contribution is 2.24. The maximum absolute atomic E-state index is 11.0. The van der Waals surface area contributed by atoms with Crippen molar-refractivity contribution in [3.8, 4) is 6.07 Å². The second kappa shape index (κ2) is 6.00. The number of esters is 1. The number of hydrogen-bond acceptors (Lipinski definition) is 6. The molecule has 0 spiro atoms. The van der Waals surface area contributed by atoms with Crippen molar-refractivity contribution >= 4 is 11.7 Å². The van der Waals surface area contributed by atoms with Crippen LogP contribution in [0.4, 0.5) is 5.69 Å². The van der Waals surface area contributed by atoms with E-state index < -0.39 is 18.2 Å². The number of nitriles is 1. The number of aliphatic hydroxyl groups is 2. The number of anilines is 1. The molecule has 1 aromatic rings. The average molecular weight is 250 g/mol. The van der Waals surface area contributed by atoms with E-state index in [9.17, 15) is 15.0 Å². The monoisotopic (exact) mass is 250 g/mol. The quantitative estimate of drug-likeness (QED) is 0.515. The molecule has 0 fully saturated rings. The molecule has 6 nitrogen and oxygen atoms in total. The van der Waals surface area contributed by atoms with Crippen LogP contribution in [-0.4, -0.2) is 29.4 Å². The molecule has 1 rings (SSSR count). The Hall–Kier alpha value is -2.10. The molecule has 0 saturated carbocycles. The maximum Gasteiger partial charge on any atom is 0.308 e. The third-order valence-corrected chi connectivity index (χ3v) is 2.48. The number of aliphatic hydroxyl groups excluding tert-OH is 2. The van der Waals surface area contributed by atoms with E-state index in [2.05, 4.69) is 4.74 Å². The molecule has 0 bridgehead atoms. The van der Waals surface area contributed by atoms with E-state index in [1.807, 2.05) is 6.07 Å². The highest BCUT2D eigenvalue weighted by molar-refractivity contribution is 5.70. The Morgan fingerprint density at radius 1 is 1.56 bits per heavy atom. The average Bonchev–Trinajstić information content (AvgIpc) is 2.37. The minimum absolute atomic E-state index is 0.189. The van der Waals surface area contributed by atoms with Crippen molar-refractivity contribution < 1.29 is 19.7 Å². The van der Waals surface area contributed by atoms with Crippen molar-refractivity contribution in [3.63, 3.8) is 0 Å². The molecule has 0 aromatic heterocycles. The molecule has 0 aliphatic heterocycles. The van der Waals surface area contributed by atoms with Gasteiger partial charge in [0.1, 0.15) is 6.10 Å². The number of hydrogen-bond donors (Lipinski definition) is 3. The number of nitrogens with two attached hydrogens (primary N) is 1. The summed E-state index contributed by atoms with van der Waals surface area (Å²) in [6, 6.07) is 6.23. The summed E-state index contributed by atoms with van der Waals surface area (Å²) in [5.74, 6) is -0.649. The molecule has 1 aromatic carbocycles. The van der Waals surface area contributed by atoms with Gasteiger partial charge in [-0.1, -0.05) is 0 Å². The smallest absolute Gasteiger partial charge is 0.308 e. The Morgan fingerprint density at radius 3 is 2.78 bits per heavy atom. The summed E-state index contributed by atoms with van der Waals surface area (Å²) in [5, 5.41) is 28.5. The molecule has 2 atom stereocenters. The van der Waals surface area contributed by atoms with Gasteiger partial charge in [0, 0.05) is 11.3 Å². The Morgan fingerprint density at radius 2 is 2.22 bits per heavy atom. The Balaban J connectivity index is 2.96. The topological polar surface area (TPSA) is 117 Å². The van der Waals surface area contributed by atoms with Crippen LogP contribution in [-0.2, 0) is 9.53 Å². The second-order valence-corrected chi connectivity index (χ2v) is 3.75. The van der Waals surface area contributed by atoms with Crippen LogP contribution in [0.15, 0.2) is 18.2 Å². The molecular weight excluding hydrogens is 236 g/mol. The predicted octanol–water partition coefficient (Wildman–Crippen LogP) is 0.0979. The normalized spacial score (nSPS) is 13.4. The first-order chi connectivity index (χ1) is 8.49. The Kier molecular flexibility index (Phi) is 4.66. The number of carbonyl (C=O) groups excluding carboxylic acids is 1.